The Bertz CT molecular complexity index is 1130. The molecule has 4 nitrogen and oxygen atoms in total. The molecule has 1 heterocycles. The third kappa shape index (κ3) is 3.66. The van der Waals surface area contributed by atoms with Crippen LogP contribution in [0.4, 0.5) is 15.8 Å². The number of anilines is 2. The van der Waals surface area contributed by atoms with Gasteiger partial charge in [-0.3, -0.25) is 14.5 Å². The lowest BCUT2D eigenvalue weighted by Crippen LogP contribution is -2.54. The van der Waals surface area contributed by atoms with Crippen LogP contribution in [0.3, 0.4) is 0 Å². The summed E-state index contributed by atoms with van der Waals surface area (Å²) in [5.41, 5.74) is 2.35. The van der Waals surface area contributed by atoms with Gasteiger partial charge in [0.1, 0.15) is 11.9 Å². The molecule has 1 unspecified atom stereocenters. The van der Waals surface area contributed by atoms with Gasteiger partial charge in [0.25, 0.3) is 5.91 Å². The number of benzene rings is 3. The summed E-state index contributed by atoms with van der Waals surface area (Å²) < 4.78 is 13.3. The maximum Gasteiger partial charge on any atom is 0.259 e. The van der Waals surface area contributed by atoms with Crippen molar-refractivity contribution in [3.63, 3.8) is 0 Å². The number of halogens is 3. The molecular formula is C23H17Cl2FN2O2. The van der Waals surface area contributed by atoms with Crippen LogP contribution in [0.1, 0.15) is 22.8 Å². The zero-order chi connectivity index (χ0) is 21.4. The minimum Gasteiger partial charge on any atom is -0.304 e. The van der Waals surface area contributed by atoms with Crippen LogP contribution in [0.25, 0.3) is 0 Å². The second-order valence-electron chi connectivity index (χ2n) is 7.02. The van der Waals surface area contributed by atoms with Gasteiger partial charge in [-0.25, -0.2) is 4.39 Å². The van der Waals surface area contributed by atoms with Crippen LogP contribution >= 0.6 is 23.2 Å². The van der Waals surface area contributed by atoms with Gasteiger partial charge in [-0.1, -0.05) is 41.4 Å². The molecule has 7 heteroatoms. The molecule has 0 saturated carbocycles. The average Bonchev–Trinajstić information content (AvgIpc) is 2.74. The summed E-state index contributed by atoms with van der Waals surface area (Å²) in [6, 6.07) is 17.0. The van der Waals surface area contributed by atoms with E-state index in [9.17, 15) is 14.0 Å². The van der Waals surface area contributed by atoms with Crippen LogP contribution in [-0.4, -0.2) is 17.9 Å². The Morgan fingerprint density at radius 3 is 2.30 bits per heavy atom. The first-order valence-corrected chi connectivity index (χ1v) is 10.1. The summed E-state index contributed by atoms with van der Waals surface area (Å²) in [7, 11) is 0. The number of hydrogen-bond donors (Lipinski definition) is 0. The zero-order valence-corrected chi connectivity index (χ0v) is 17.5. The van der Waals surface area contributed by atoms with E-state index in [0.29, 0.717) is 27.0 Å². The number of para-hydroxylation sites is 2. The molecule has 1 aliphatic heterocycles. The maximum absolute atomic E-state index is 13.3. The third-order valence-electron chi connectivity index (χ3n) is 5.08. The lowest BCUT2D eigenvalue weighted by Gasteiger charge is -2.40. The first-order valence-electron chi connectivity index (χ1n) is 9.30. The summed E-state index contributed by atoms with van der Waals surface area (Å²) in [6.07, 6.45) is 0. The van der Waals surface area contributed by atoms with E-state index in [2.05, 4.69) is 0 Å². The molecule has 3 aromatic rings. The van der Waals surface area contributed by atoms with Crippen molar-refractivity contribution >= 4 is 46.4 Å². The lowest BCUT2D eigenvalue weighted by atomic mass is 10.0. The molecule has 0 aliphatic carbocycles. The van der Waals surface area contributed by atoms with Crippen molar-refractivity contribution in [2.75, 3.05) is 9.80 Å². The van der Waals surface area contributed by atoms with Crippen molar-refractivity contribution in [1.29, 1.82) is 0 Å². The van der Waals surface area contributed by atoms with Crippen molar-refractivity contribution in [3.8, 4) is 0 Å². The molecule has 30 heavy (non-hydrogen) atoms. The highest BCUT2D eigenvalue weighted by Gasteiger charge is 2.38. The number of amides is 2. The topological polar surface area (TPSA) is 40.6 Å². The van der Waals surface area contributed by atoms with E-state index in [1.54, 1.807) is 36.1 Å². The largest absolute Gasteiger partial charge is 0.304 e. The van der Waals surface area contributed by atoms with Crippen LogP contribution in [0.2, 0.25) is 10.0 Å². The smallest absolute Gasteiger partial charge is 0.259 e. The molecular weight excluding hydrogens is 426 g/mol. The van der Waals surface area contributed by atoms with Crippen LogP contribution < -0.4 is 9.80 Å². The van der Waals surface area contributed by atoms with Gasteiger partial charge in [-0.15, -0.1) is 0 Å². The summed E-state index contributed by atoms with van der Waals surface area (Å²) in [6.45, 7) is 1.97. The van der Waals surface area contributed by atoms with Gasteiger partial charge >= 0.3 is 0 Å². The van der Waals surface area contributed by atoms with Gasteiger partial charge in [0.15, 0.2) is 0 Å². The molecule has 0 saturated heterocycles. The SMILES string of the molecule is CC1C(=O)N(Cc2ccc(Cl)c(Cl)c2)c2ccccc2N1C(=O)c1ccc(F)cc1. The van der Waals surface area contributed by atoms with E-state index >= 15 is 0 Å². The zero-order valence-electron chi connectivity index (χ0n) is 16.0. The monoisotopic (exact) mass is 442 g/mol. The highest BCUT2D eigenvalue weighted by atomic mass is 35.5. The highest BCUT2D eigenvalue weighted by Crippen LogP contribution is 2.38. The predicted octanol–water partition coefficient (Wildman–Crippen LogP) is 5.71. The number of rotatable bonds is 3. The molecule has 1 atom stereocenters. The normalized spacial score (nSPS) is 15.9. The van der Waals surface area contributed by atoms with Gasteiger partial charge in [0, 0.05) is 5.56 Å². The van der Waals surface area contributed by atoms with Gasteiger partial charge in [-0.2, -0.15) is 0 Å². The predicted molar refractivity (Wildman–Crippen MR) is 117 cm³/mol. The van der Waals surface area contributed by atoms with Crippen LogP contribution in [0, 0.1) is 5.82 Å². The maximum atomic E-state index is 13.3. The van der Waals surface area contributed by atoms with E-state index in [0.717, 1.165) is 5.56 Å². The minimum absolute atomic E-state index is 0.227. The third-order valence-corrected chi connectivity index (χ3v) is 5.82. The van der Waals surface area contributed by atoms with Crippen molar-refractivity contribution in [3.05, 3.63) is 93.7 Å². The molecule has 152 valence electrons. The summed E-state index contributed by atoms with van der Waals surface area (Å²) >= 11 is 12.1. The number of carbonyl (C=O) groups is 2. The Kier molecular flexibility index (Phi) is 5.50. The van der Waals surface area contributed by atoms with Gasteiger partial charge in [-0.05, 0) is 61.0 Å². The Morgan fingerprint density at radius 2 is 1.63 bits per heavy atom. The Labute approximate surface area is 183 Å². The number of fused-ring (bicyclic) bond motifs is 1. The van der Waals surface area contributed by atoms with Gasteiger partial charge in [0.05, 0.1) is 28.0 Å². The highest BCUT2D eigenvalue weighted by molar-refractivity contribution is 6.42. The van der Waals surface area contributed by atoms with Crippen LogP contribution in [-0.2, 0) is 11.3 Å². The number of hydrogen-bond acceptors (Lipinski definition) is 2. The molecule has 2 amide bonds. The van der Waals surface area contributed by atoms with E-state index in [-0.39, 0.29) is 18.4 Å². The molecule has 0 radical (unpaired) electrons. The van der Waals surface area contributed by atoms with Crippen LogP contribution in [0.15, 0.2) is 66.7 Å². The number of carbonyl (C=O) groups excluding carboxylic acids is 2. The van der Waals surface area contributed by atoms with Gasteiger partial charge < -0.3 is 4.90 Å². The quantitative estimate of drug-likeness (QED) is 0.520. The molecule has 3 aromatic carbocycles. The van der Waals surface area contributed by atoms with E-state index in [1.807, 2.05) is 18.2 Å². The molecule has 0 spiro atoms. The summed E-state index contributed by atoms with van der Waals surface area (Å²) in [5.74, 6) is -1.02. The molecule has 0 bridgehead atoms. The lowest BCUT2D eigenvalue weighted by molar-refractivity contribution is -0.119. The fourth-order valence-corrected chi connectivity index (χ4v) is 3.88. The van der Waals surface area contributed by atoms with E-state index in [1.165, 1.54) is 29.2 Å². The van der Waals surface area contributed by atoms with E-state index in [4.69, 9.17) is 23.2 Å². The fourth-order valence-electron chi connectivity index (χ4n) is 3.56. The first kappa shape index (κ1) is 20.4. The minimum atomic E-state index is -0.736. The molecule has 0 fully saturated rings. The standard InChI is InChI=1S/C23H17Cl2FN2O2/c1-14-22(29)27(13-15-6-11-18(24)19(25)12-15)20-4-2-3-5-21(20)28(14)23(30)16-7-9-17(26)10-8-16/h2-12,14H,13H2,1H3. The second-order valence-corrected chi connectivity index (χ2v) is 7.83. The molecule has 0 N–H and O–H groups in total. The summed E-state index contributed by atoms with van der Waals surface area (Å²) in [5, 5.41) is 0.850. The second kappa shape index (κ2) is 8.09. The Hall–Kier alpha value is -2.89. The van der Waals surface area contributed by atoms with Crippen LogP contribution in [0.5, 0.6) is 0 Å². The average molecular weight is 443 g/mol. The Balaban J connectivity index is 1.73. The van der Waals surface area contributed by atoms with Crippen molar-refractivity contribution in [1.82, 2.24) is 0 Å². The van der Waals surface area contributed by atoms with Crippen molar-refractivity contribution in [2.24, 2.45) is 0 Å². The van der Waals surface area contributed by atoms with E-state index < -0.39 is 11.9 Å². The first-order chi connectivity index (χ1) is 14.4. The molecule has 4 rings (SSSR count). The van der Waals surface area contributed by atoms with Gasteiger partial charge in [0.2, 0.25) is 5.91 Å². The molecule has 0 aromatic heterocycles. The fraction of sp³-hybridized carbons (Fsp3) is 0.130. The summed E-state index contributed by atoms with van der Waals surface area (Å²) in [4.78, 5) is 29.5. The number of nitrogens with zero attached hydrogens (tertiary/aromatic N) is 2. The van der Waals surface area contributed by atoms with Crippen molar-refractivity contribution in [2.45, 2.75) is 19.5 Å². The molecule has 1 aliphatic rings. The Morgan fingerprint density at radius 1 is 0.967 bits per heavy atom. The van der Waals surface area contributed by atoms with Crippen molar-refractivity contribution < 1.29 is 14.0 Å².